The zero-order valence-corrected chi connectivity index (χ0v) is 19.5. The van der Waals surface area contributed by atoms with Gasteiger partial charge in [0.2, 0.25) is 5.95 Å². The van der Waals surface area contributed by atoms with Gasteiger partial charge >= 0.3 is 5.51 Å². The van der Waals surface area contributed by atoms with Crippen LogP contribution in [0.15, 0.2) is 53.4 Å². The summed E-state index contributed by atoms with van der Waals surface area (Å²) >= 11 is -0.0810. The second-order valence-corrected chi connectivity index (χ2v) is 9.69. The van der Waals surface area contributed by atoms with E-state index in [1.165, 1.54) is 12.1 Å². The SMILES string of the molecule is CN(C)c1nc(NC2CCC(NCc3ccc(SC(F)(F)F)cc3)CC2)nc2ccccc12. The Morgan fingerprint density at radius 1 is 0.939 bits per heavy atom. The predicted molar refractivity (Wildman–Crippen MR) is 129 cm³/mol. The molecule has 2 aromatic carbocycles. The summed E-state index contributed by atoms with van der Waals surface area (Å²) in [6.07, 6.45) is 4.06. The van der Waals surface area contributed by atoms with Crippen molar-refractivity contribution in [3.8, 4) is 0 Å². The van der Waals surface area contributed by atoms with Crippen LogP contribution in [-0.2, 0) is 6.54 Å². The molecule has 9 heteroatoms. The lowest BCUT2D eigenvalue weighted by Crippen LogP contribution is -2.37. The lowest BCUT2D eigenvalue weighted by molar-refractivity contribution is -0.0328. The first-order chi connectivity index (χ1) is 15.8. The Labute approximate surface area is 196 Å². The maximum Gasteiger partial charge on any atom is 0.446 e. The number of rotatable bonds is 7. The van der Waals surface area contributed by atoms with Gasteiger partial charge in [0, 0.05) is 43.0 Å². The number of hydrogen-bond acceptors (Lipinski definition) is 6. The van der Waals surface area contributed by atoms with E-state index in [1.54, 1.807) is 12.1 Å². The fourth-order valence-electron chi connectivity index (χ4n) is 4.16. The van der Waals surface area contributed by atoms with Gasteiger partial charge in [0.05, 0.1) is 5.52 Å². The van der Waals surface area contributed by atoms with Gasteiger partial charge in [-0.15, -0.1) is 0 Å². The highest BCUT2D eigenvalue weighted by Crippen LogP contribution is 2.36. The van der Waals surface area contributed by atoms with Crippen molar-refractivity contribution in [2.75, 3.05) is 24.3 Å². The quantitative estimate of drug-likeness (QED) is 0.420. The molecule has 5 nitrogen and oxygen atoms in total. The second kappa shape index (κ2) is 10.2. The summed E-state index contributed by atoms with van der Waals surface area (Å²) in [5.74, 6) is 1.56. The van der Waals surface area contributed by atoms with Crippen LogP contribution < -0.4 is 15.5 Å². The average Bonchev–Trinajstić information content (AvgIpc) is 2.78. The molecule has 0 spiro atoms. The Kier molecular flexibility index (Phi) is 7.29. The van der Waals surface area contributed by atoms with E-state index in [-0.39, 0.29) is 16.7 Å². The van der Waals surface area contributed by atoms with Gasteiger partial charge in [0.25, 0.3) is 0 Å². The Morgan fingerprint density at radius 3 is 2.27 bits per heavy atom. The summed E-state index contributed by atoms with van der Waals surface area (Å²) < 4.78 is 37.4. The fraction of sp³-hybridized carbons (Fsp3) is 0.417. The van der Waals surface area contributed by atoms with E-state index in [2.05, 4.69) is 10.6 Å². The average molecular weight is 476 g/mol. The van der Waals surface area contributed by atoms with Crippen molar-refractivity contribution >= 4 is 34.4 Å². The first-order valence-electron chi connectivity index (χ1n) is 11.1. The number of halogens is 3. The van der Waals surface area contributed by atoms with Crippen molar-refractivity contribution in [3.63, 3.8) is 0 Å². The molecule has 0 atom stereocenters. The number of thioether (sulfide) groups is 1. The first kappa shape index (κ1) is 23.6. The molecule has 0 unspecified atom stereocenters. The number of hydrogen-bond donors (Lipinski definition) is 2. The number of aromatic nitrogens is 2. The minimum atomic E-state index is -4.25. The predicted octanol–water partition coefficient (Wildman–Crippen LogP) is 5.82. The van der Waals surface area contributed by atoms with E-state index in [9.17, 15) is 13.2 Å². The van der Waals surface area contributed by atoms with E-state index in [1.807, 2.05) is 43.3 Å². The molecule has 1 aliphatic rings. The van der Waals surface area contributed by atoms with Crippen LogP contribution in [-0.4, -0.2) is 41.7 Å². The van der Waals surface area contributed by atoms with Crippen molar-refractivity contribution in [2.45, 2.75) is 54.7 Å². The number of nitrogens with zero attached hydrogens (tertiary/aromatic N) is 3. The van der Waals surface area contributed by atoms with Crippen molar-refractivity contribution in [1.82, 2.24) is 15.3 Å². The topological polar surface area (TPSA) is 53.1 Å². The van der Waals surface area contributed by atoms with Crippen molar-refractivity contribution < 1.29 is 13.2 Å². The molecule has 3 aromatic rings. The summed E-state index contributed by atoms with van der Waals surface area (Å²) in [4.78, 5) is 11.7. The van der Waals surface area contributed by atoms with Crippen molar-refractivity contribution in [3.05, 3.63) is 54.1 Å². The normalized spacial score (nSPS) is 18.9. The maximum absolute atomic E-state index is 12.5. The van der Waals surface area contributed by atoms with Crippen LogP contribution in [0.1, 0.15) is 31.2 Å². The summed E-state index contributed by atoms with van der Waals surface area (Å²) in [5.41, 5.74) is -2.34. The standard InChI is InChI=1S/C24H28F3N5S/c1-32(2)22-20-5-3-4-6-21(20)30-23(31-22)29-18-11-9-17(10-12-18)28-15-16-7-13-19(14-8-16)33-24(25,26)27/h3-8,13-14,17-18,28H,9-12,15H2,1-2H3,(H,29,30,31). The highest BCUT2D eigenvalue weighted by Gasteiger charge is 2.29. The molecule has 1 heterocycles. The molecule has 2 N–H and O–H groups in total. The molecular weight excluding hydrogens is 447 g/mol. The number of anilines is 2. The lowest BCUT2D eigenvalue weighted by Gasteiger charge is -2.30. The molecule has 0 amide bonds. The highest BCUT2D eigenvalue weighted by atomic mass is 32.2. The van der Waals surface area contributed by atoms with Crippen molar-refractivity contribution in [1.29, 1.82) is 0 Å². The summed E-state index contributed by atoms with van der Waals surface area (Å²) in [7, 11) is 3.97. The van der Waals surface area contributed by atoms with Gasteiger partial charge in [-0.25, -0.2) is 4.98 Å². The summed E-state index contributed by atoms with van der Waals surface area (Å²) in [5, 5.41) is 8.09. The van der Waals surface area contributed by atoms with E-state index in [4.69, 9.17) is 9.97 Å². The number of nitrogens with one attached hydrogen (secondary N) is 2. The van der Waals surface area contributed by atoms with Crippen LogP contribution in [0.5, 0.6) is 0 Å². The molecule has 0 bridgehead atoms. The van der Waals surface area contributed by atoms with Gasteiger partial charge < -0.3 is 15.5 Å². The molecule has 0 saturated heterocycles. The lowest BCUT2D eigenvalue weighted by atomic mass is 9.91. The van der Waals surface area contributed by atoms with Gasteiger partial charge in [0.15, 0.2) is 0 Å². The number of alkyl halides is 3. The van der Waals surface area contributed by atoms with Crippen molar-refractivity contribution in [2.24, 2.45) is 0 Å². The van der Waals surface area contributed by atoms with Crippen LogP contribution in [0.25, 0.3) is 10.9 Å². The third-order valence-corrected chi connectivity index (χ3v) is 6.56. The Balaban J connectivity index is 1.28. The largest absolute Gasteiger partial charge is 0.446 e. The van der Waals surface area contributed by atoms with E-state index in [0.29, 0.717) is 24.6 Å². The number of fused-ring (bicyclic) bond motifs is 1. The highest BCUT2D eigenvalue weighted by molar-refractivity contribution is 8.00. The van der Waals surface area contributed by atoms with Gasteiger partial charge in [-0.05, 0) is 67.3 Å². The molecule has 4 rings (SSSR count). The van der Waals surface area contributed by atoms with Crippen LogP contribution in [0.3, 0.4) is 0 Å². The minimum absolute atomic E-state index is 0.0810. The molecule has 1 fully saturated rings. The molecule has 176 valence electrons. The smallest absolute Gasteiger partial charge is 0.362 e. The van der Waals surface area contributed by atoms with Gasteiger partial charge in [0.1, 0.15) is 5.82 Å². The Bertz CT molecular complexity index is 1060. The zero-order valence-electron chi connectivity index (χ0n) is 18.7. The van der Waals surface area contributed by atoms with E-state index in [0.717, 1.165) is 48.0 Å². The molecule has 1 aromatic heterocycles. The second-order valence-electron chi connectivity index (χ2n) is 8.55. The minimum Gasteiger partial charge on any atom is -0.362 e. The van der Waals surface area contributed by atoms with E-state index < -0.39 is 5.51 Å². The van der Waals surface area contributed by atoms with Gasteiger partial charge in [-0.2, -0.15) is 18.2 Å². The fourth-order valence-corrected chi connectivity index (χ4v) is 4.70. The third-order valence-electron chi connectivity index (χ3n) is 5.82. The first-order valence-corrected chi connectivity index (χ1v) is 11.9. The van der Waals surface area contributed by atoms with Gasteiger partial charge in [-0.1, -0.05) is 24.3 Å². The molecular formula is C24H28F3N5S. The summed E-state index contributed by atoms with van der Waals surface area (Å²) in [6.45, 7) is 0.652. The van der Waals surface area contributed by atoms with Crippen LogP contribution in [0.4, 0.5) is 24.9 Å². The van der Waals surface area contributed by atoms with E-state index >= 15 is 0 Å². The zero-order chi connectivity index (χ0) is 23.4. The third kappa shape index (κ3) is 6.51. The number of benzene rings is 2. The molecule has 1 saturated carbocycles. The van der Waals surface area contributed by atoms with Gasteiger partial charge in [-0.3, -0.25) is 0 Å². The Morgan fingerprint density at radius 2 is 1.61 bits per heavy atom. The van der Waals surface area contributed by atoms with Crippen LogP contribution in [0.2, 0.25) is 0 Å². The molecule has 33 heavy (non-hydrogen) atoms. The Hall–Kier alpha value is -2.52. The maximum atomic E-state index is 12.5. The molecule has 0 aliphatic heterocycles. The number of para-hydroxylation sites is 1. The molecule has 1 aliphatic carbocycles. The van der Waals surface area contributed by atoms with Crippen LogP contribution in [0, 0.1) is 0 Å². The van der Waals surface area contributed by atoms with Crippen LogP contribution >= 0.6 is 11.8 Å². The molecule has 0 radical (unpaired) electrons. The summed E-state index contributed by atoms with van der Waals surface area (Å²) in [6, 6.07) is 15.3. The monoisotopic (exact) mass is 475 g/mol.